The highest BCUT2D eigenvalue weighted by Gasteiger charge is 2.35. The number of likely N-dealkylation sites (tertiary alicyclic amines) is 1. The first-order valence-corrected chi connectivity index (χ1v) is 9.87. The molecule has 6 rings (SSSR count). The van der Waals surface area contributed by atoms with Crippen LogP contribution in [0.3, 0.4) is 0 Å². The molecule has 8 heteroatoms. The Labute approximate surface area is 166 Å². The van der Waals surface area contributed by atoms with E-state index in [1.165, 1.54) is 0 Å². The summed E-state index contributed by atoms with van der Waals surface area (Å²) in [7, 11) is 0. The molecular formula is C21H20N4O4. The Morgan fingerprint density at radius 1 is 1.03 bits per heavy atom. The van der Waals surface area contributed by atoms with Gasteiger partial charge in [-0.2, -0.15) is 0 Å². The van der Waals surface area contributed by atoms with Crippen LogP contribution in [0.1, 0.15) is 23.9 Å². The Morgan fingerprint density at radius 3 is 2.93 bits per heavy atom. The van der Waals surface area contributed by atoms with Gasteiger partial charge in [0.15, 0.2) is 11.5 Å². The van der Waals surface area contributed by atoms with Crippen LogP contribution in [0.4, 0.5) is 0 Å². The molecule has 3 aliphatic rings. The van der Waals surface area contributed by atoms with Crippen LogP contribution in [-0.4, -0.2) is 39.5 Å². The molecule has 0 amide bonds. The van der Waals surface area contributed by atoms with Gasteiger partial charge in [0.05, 0.1) is 6.54 Å². The molecule has 2 bridgehead atoms. The van der Waals surface area contributed by atoms with Crippen molar-refractivity contribution in [2.75, 3.05) is 19.9 Å². The van der Waals surface area contributed by atoms with Crippen LogP contribution >= 0.6 is 0 Å². The van der Waals surface area contributed by atoms with E-state index in [1.54, 1.807) is 6.07 Å². The quantitative estimate of drug-likeness (QED) is 0.676. The van der Waals surface area contributed by atoms with E-state index in [4.69, 9.17) is 13.9 Å². The maximum absolute atomic E-state index is 12.2. The zero-order chi connectivity index (χ0) is 19.4. The smallest absolute Gasteiger partial charge is 0.250 e. The number of fused-ring (bicyclic) bond motifs is 5. The normalized spacial score (nSPS) is 22.5. The van der Waals surface area contributed by atoms with Crippen molar-refractivity contribution in [1.82, 2.24) is 19.7 Å². The van der Waals surface area contributed by atoms with Gasteiger partial charge in [-0.05, 0) is 36.6 Å². The number of hydrogen-bond donors (Lipinski definition) is 0. The molecule has 8 nitrogen and oxygen atoms in total. The van der Waals surface area contributed by atoms with Crippen molar-refractivity contribution in [2.24, 2.45) is 5.92 Å². The van der Waals surface area contributed by atoms with E-state index in [9.17, 15) is 4.79 Å². The van der Waals surface area contributed by atoms with Gasteiger partial charge in [-0.1, -0.05) is 6.07 Å². The topological polar surface area (TPSA) is 82.6 Å². The molecule has 29 heavy (non-hydrogen) atoms. The number of piperidine rings is 1. The minimum absolute atomic E-state index is 0.107. The largest absolute Gasteiger partial charge is 0.454 e. The Kier molecular flexibility index (Phi) is 3.73. The van der Waals surface area contributed by atoms with Gasteiger partial charge in [0.2, 0.25) is 18.6 Å². The van der Waals surface area contributed by atoms with E-state index < -0.39 is 0 Å². The third kappa shape index (κ3) is 2.91. The van der Waals surface area contributed by atoms with Crippen molar-refractivity contribution >= 4 is 0 Å². The highest BCUT2D eigenvalue weighted by Crippen LogP contribution is 2.37. The summed E-state index contributed by atoms with van der Waals surface area (Å²) in [5.74, 6) is 3.34. The minimum atomic E-state index is 0.107. The SMILES string of the molecule is O=c1cccc2n1CC1CC2CN(Cc2nnc(-c3ccc4c(c3)OCO4)o2)C1. The van der Waals surface area contributed by atoms with Gasteiger partial charge in [0.1, 0.15) is 0 Å². The second kappa shape index (κ2) is 6.45. The molecule has 0 spiro atoms. The van der Waals surface area contributed by atoms with Crippen LogP contribution in [0, 0.1) is 5.92 Å². The third-order valence-corrected chi connectivity index (χ3v) is 6.00. The Hall–Kier alpha value is -3.13. The summed E-state index contributed by atoms with van der Waals surface area (Å²) in [6, 6.07) is 11.2. The molecule has 148 valence electrons. The van der Waals surface area contributed by atoms with Gasteiger partial charge in [-0.3, -0.25) is 9.69 Å². The maximum atomic E-state index is 12.2. The molecular weight excluding hydrogens is 372 g/mol. The fourth-order valence-corrected chi connectivity index (χ4v) is 4.78. The molecule has 3 aromatic rings. The molecule has 1 saturated heterocycles. The van der Waals surface area contributed by atoms with E-state index in [1.807, 2.05) is 28.8 Å². The number of nitrogens with zero attached hydrogens (tertiary/aromatic N) is 4. The summed E-state index contributed by atoms with van der Waals surface area (Å²) in [5.41, 5.74) is 2.07. The summed E-state index contributed by atoms with van der Waals surface area (Å²) in [6.45, 7) is 3.46. The first-order valence-electron chi connectivity index (χ1n) is 9.87. The van der Waals surface area contributed by atoms with Gasteiger partial charge in [0.25, 0.3) is 5.56 Å². The van der Waals surface area contributed by atoms with E-state index in [0.29, 0.717) is 35.9 Å². The van der Waals surface area contributed by atoms with Crippen LogP contribution in [0.2, 0.25) is 0 Å². The first-order chi connectivity index (χ1) is 14.2. The predicted octanol–water partition coefficient (Wildman–Crippen LogP) is 2.25. The number of pyridine rings is 1. The molecule has 1 fully saturated rings. The molecule has 5 heterocycles. The molecule has 2 unspecified atom stereocenters. The Balaban J connectivity index is 1.20. The predicted molar refractivity (Wildman–Crippen MR) is 103 cm³/mol. The molecule has 0 radical (unpaired) electrons. The second-order valence-corrected chi connectivity index (χ2v) is 7.96. The molecule has 0 N–H and O–H groups in total. The molecule has 0 saturated carbocycles. The summed E-state index contributed by atoms with van der Waals surface area (Å²) in [6.07, 6.45) is 1.13. The average molecular weight is 392 g/mol. The summed E-state index contributed by atoms with van der Waals surface area (Å²) < 4.78 is 18.6. The van der Waals surface area contributed by atoms with Crippen LogP contribution in [0.15, 0.2) is 45.6 Å². The molecule has 3 aliphatic heterocycles. The second-order valence-electron chi connectivity index (χ2n) is 7.96. The summed E-state index contributed by atoms with van der Waals surface area (Å²) in [5, 5.41) is 8.46. The lowest BCUT2D eigenvalue weighted by atomic mass is 9.83. The fraction of sp³-hybridized carbons (Fsp3) is 0.381. The number of ether oxygens (including phenoxy) is 2. The number of aromatic nitrogens is 3. The lowest BCUT2D eigenvalue weighted by Gasteiger charge is -2.42. The van der Waals surface area contributed by atoms with Gasteiger partial charge in [-0.25, -0.2) is 0 Å². The number of benzene rings is 1. The zero-order valence-corrected chi connectivity index (χ0v) is 15.8. The lowest BCUT2D eigenvalue weighted by molar-refractivity contribution is 0.106. The molecule has 2 aromatic heterocycles. The number of hydrogen-bond acceptors (Lipinski definition) is 7. The molecule has 2 atom stereocenters. The maximum Gasteiger partial charge on any atom is 0.250 e. The van der Waals surface area contributed by atoms with Gasteiger partial charge in [0, 0.05) is 42.9 Å². The van der Waals surface area contributed by atoms with Crippen molar-refractivity contribution in [1.29, 1.82) is 0 Å². The third-order valence-electron chi connectivity index (χ3n) is 6.00. The number of rotatable bonds is 3. The van der Waals surface area contributed by atoms with Crippen LogP contribution in [-0.2, 0) is 13.1 Å². The fourth-order valence-electron chi connectivity index (χ4n) is 4.78. The van der Waals surface area contributed by atoms with Crippen molar-refractivity contribution in [3.63, 3.8) is 0 Å². The molecule has 0 aliphatic carbocycles. The van der Waals surface area contributed by atoms with E-state index in [0.717, 1.165) is 43.1 Å². The molecule has 1 aromatic carbocycles. The van der Waals surface area contributed by atoms with Crippen molar-refractivity contribution in [2.45, 2.75) is 25.4 Å². The van der Waals surface area contributed by atoms with E-state index >= 15 is 0 Å². The summed E-state index contributed by atoms with van der Waals surface area (Å²) in [4.78, 5) is 14.5. The highest BCUT2D eigenvalue weighted by atomic mass is 16.7. The Morgan fingerprint density at radius 2 is 1.97 bits per heavy atom. The standard InChI is InChI=1S/C21H20N4O4/c26-20-3-1-2-16-15-6-13(9-25(16)20)8-24(10-15)11-19-22-23-21(29-19)14-4-5-17-18(7-14)28-12-27-17/h1-5,7,13,15H,6,8-12H2. The van der Waals surface area contributed by atoms with Gasteiger partial charge < -0.3 is 18.5 Å². The van der Waals surface area contributed by atoms with Crippen LogP contribution in [0.25, 0.3) is 11.5 Å². The zero-order valence-electron chi connectivity index (χ0n) is 15.8. The monoisotopic (exact) mass is 392 g/mol. The van der Waals surface area contributed by atoms with Gasteiger partial charge >= 0.3 is 0 Å². The van der Waals surface area contributed by atoms with Gasteiger partial charge in [-0.15, -0.1) is 10.2 Å². The van der Waals surface area contributed by atoms with Crippen LogP contribution < -0.4 is 15.0 Å². The highest BCUT2D eigenvalue weighted by molar-refractivity contribution is 5.60. The summed E-state index contributed by atoms with van der Waals surface area (Å²) >= 11 is 0. The van der Waals surface area contributed by atoms with Crippen molar-refractivity contribution < 1.29 is 13.9 Å². The lowest BCUT2D eigenvalue weighted by Crippen LogP contribution is -2.46. The van der Waals surface area contributed by atoms with E-state index in [2.05, 4.69) is 21.2 Å². The minimum Gasteiger partial charge on any atom is -0.454 e. The first kappa shape index (κ1) is 16.8. The van der Waals surface area contributed by atoms with E-state index in [-0.39, 0.29) is 12.4 Å². The van der Waals surface area contributed by atoms with Crippen molar-refractivity contribution in [3.8, 4) is 23.0 Å². The average Bonchev–Trinajstić information content (AvgIpc) is 3.37. The Bertz CT molecular complexity index is 1140. The van der Waals surface area contributed by atoms with Crippen LogP contribution in [0.5, 0.6) is 11.5 Å². The van der Waals surface area contributed by atoms with Crippen molar-refractivity contribution in [3.05, 3.63) is 58.3 Å².